The van der Waals surface area contributed by atoms with Crippen molar-refractivity contribution in [2.75, 3.05) is 6.54 Å². The summed E-state index contributed by atoms with van der Waals surface area (Å²) in [4.78, 5) is 44.2. The Balaban J connectivity index is 1.22. The molecule has 2 heterocycles. The van der Waals surface area contributed by atoms with E-state index in [9.17, 15) is 22.8 Å². The highest BCUT2D eigenvalue weighted by Gasteiger charge is 2.37. The molecule has 282 valence electrons. The predicted molar refractivity (Wildman–Crippen MR) is 201 cm³/mol. The fourth-order valence-corrected chi connectivity index (χ4v) is 9.38. The number of nitrogens with zero attached hydrogens (tertiary/aromatic N) is 1. The Morgan fingerprint density at radius 3 is 2.50 bits per heavy atom. The van der Waals surface area contributed by atoms with Crippen molar-refractivity contribution in [2.24, 2.45) is 5.92 Å². The smallest absolute Gasteiger partial charge is 0.407 e. The van der Waals surface area contributed by atoms with Gasteiger partial charge in [-0.05, 0) is 116 Å². The number of sulfonamides is 1. The van der Waals surface area contributed by atoms with Gasteiger partial charge in [0, 0.05) is 30.5 Å². The molecule has 0 unspecified atom stereocenters. The first-order valence-electron chi connectivity index (χ1n) is 17.6. The number of ether oxygens (including phenoxy) is 2. The molecule has 13 nitrogen and oxygen atoms in total. The van der Waals surface area contributed by atoms with Gasteiger partial charge >= 0.3 is 6.09 Å². The summed E-state index contributed by atoms with van der Waals surface area (Å²) in [6.45, 7) is 14.8. The van der Waals surface area contributed by atoms with Gasteiger partial charge in [0.15, 0.2) is 5.01 Å². The Labute approximate surface area is 309 Å². The van der Waals surface area contributed by atoms with Crippen LogP contribution in [0, 0.1) is 32.1 Å². The van der Waals surface area contributed by atoms with Crippen molar-refractivity contribution in [1.29, 1.82) is 5.41 Å². The Morgan fingerprint density at radius 1 is 1.10 bits per heavy atom. The number of carbonyl (C=O) groups excluding carboxylic acids is 3. The minimum Gasteiger partial charge on any atom is -0.487 e. The highest BCUT2D eigenvalue weighted by atomic mass is 32.2. The van der Waals surface area contributed by atoms with Crippen LogP contribution >= 0.6 is 11.3 Å². The minimum atomic E-state index is -4.11. The van der Waals surface area contributed by atoms with E-state index in [2.05, 4.69) is 25.7 Å². The largest absolute Gasteiger partial charge is 0.487 e. The molecule has 0 radical (unpaired) electrons. The lowest BCUT2D eigenvalue weighted by Crippen LogP contribution is -2.45. The molecule has 2 aliphatic rings. The molecule has 1 aromatic heterocycles. The van der Waals surface area contributed by atoms with Crippen molar-refractivity contribution < 1.29 is 32.3 Å². The van der Waals surface area contributed by atoms with Gasteiger partial charge in [-0.3, -0.25) is 15.0 Å². The van der Waals surface area contributed by atoms with Crippen LogP contribution in [0.2, 0.25) is 0 Å². The molecular weight excluding hydrogens is 705 g/mol. The average molecular weight is 755 g/mol. The molecule has 1 aliphatic carbocycles. The number of hydrogen-bond donors (Lipinski definition) is 5. The van der Waals surface area contributed by atoms with E-state index in [1.807, 2.05) is 45.0 Å². The lowest BCUT2D eigenvalue weighted by Gasteiger charge is -2.22. The molecule has 0 spiro atoms. The zero-order chi connectivity index (χ0) is 38.2. The lowest BCUT2D eigenvalue weighted by atomic mass is 9.94. The Hall–Kier alpha value is -4.24. The van der Waals surface area contributed by atoms with Gasteiger partial charge in [-0.25, -0.2) is 22.9 Å². The zero-order valence-corrected chi connectivity index (χ0v) is 32.7. The molecule has 5 N–H and O–H groups in total. The molecule has 52 heavy (non-hydrogen) atoms. The summed E-state index contributed by atoms with van der Waals surface area (Å²) >= 11 is 1.26. The number of amides is 2. The number of nitrogens with one attached hydrogen (secondary N) is 5. The minimum absolute atomic E-state index is 0.135. The number of para-hydroxylation sites is 1. The Kier molecular flexibility index (Phi) is 11.3. The lowest BCUT2D eigenvalue weighted by molar-refractivity contribution is -0.125. The van der Waals surface area contributed by atoms with Gasteiger partial charge in [0.2, 0.25) is 17.6 Å². The van der Waals surface area contributed by atoms with Crippen molar-refractivity contribution in [3.63, 3.8) is 0 Å². The molecular formula is C37H50N6O7S2. The predicted octanol–water partition coefficient (Wildman–Crippen LogP) is 5.58. The molecule has 3 aromatic rings. The number of guanidine groups is 1. The second-order valence-corrected chi connectivity index (χ2v) is 18.0. The second-order valence-electron chi connectivity index (χ2n) is 15.4. The summed E-state index contributed by atoms with van der Waals surface area (Å²) in [6.07, 6.45) is 2.16. The normalized spacial score (nSPS) is 18.6. The first-order chi connectivity index (χ1) is 24.2. The topological polar surface area (TPSA) is 189 Å². The summed E-state index contributed by atoms with van der Waals surface area (Å²) in [7, 11) is -4.11. The van der Waals surface area contributed by atoms with Crippen LogP contribution in [0.15, 0.2) is 29.2 Å². The third-order valence-electron chi connectivity index (χ3n) is 9.43. The number of Topliss-reactive ketones (excluding diaryl/α,β-unsaturated/α-hetero) is 1. The Bertz CT molecular complexity index is 1970. The summed E-state index contributed by atoms with van der Waals surface area (Å²) in [6, 6.07) is 6.29. The summed E-state index contributed by atoms with van der Waals surface area (Å²) in [5.74, 6) is -0.693. The third kappa shape index (κ3) is 9.03. The second kappa shape index (κ2) is 15.0. The fraction of sp³-hybridized carbons (Fsp3) is 0.541. The molecule has 5 rings (SSSR count). The van der Waals surface area contributed by atoms with E-state index in [1.54, 1.807) is 34.6 Å². The number of alkyl carbamates (subject to hydrolysis) is 1. The molecule has 15 heteroatoms. The number of aromatic nitrogens is 1. The standard InChI is InChI=1S/C37H50N6O7S2/c1-20-21(2)31(22(3)25-19-37(7,8)49-30(20)25)52(47,48)43-34(38)39-17-11-13-27(29(44)33-42-26-12-9-10-14-28(26)51-33)41-32(45)23-15-16-24(18-23)40-35(46)50-36(4,5)6/h9-10,12,14,23-24,27H,11,13,15-19H2,1-8H3,(H,40,46)(H,41,45)(H3,38,39,43)/t23-,24+,27-/m0/s1. The monoisotopic (exact) mass is 754 g/mol. The number of ketones is 1. The van der Waals surface area contributed by atoms with Crippen LogP contribution in [0.5, 0.6) is 5.75 Å². The number of thiazole rings is 1. The third-order valence-corrected chi connectivity index (χ3v) is 12.1. The van der Waals surface area contributed by atoms with E-state index in [4.69, 9.17) is 14.9 Å². The summed E-state index contributed by atoms with van der Waals surface area (Å²) in [5, 5.41) is 17.3. The van der Waals surface area contributed by atoms with Crippen molar-refractivity contribution in [1.82, 2.24) is 25.7 Å². The molecule has 1 aliphatic heterocycles. The molecule has 1 saturated carbocycles. The number of benzene rings is 2. The highest BCUT2D eigenvalue weighted by Crippen LogP contribution is 2.43. The van der Waals surface area contributed by atoms with Gasteiger partial charge < -0.3 is 25.4 Å². The van der Waals surface area contributed by atoms with E-state index >= 15 is 0 Å². The Morgan fingerprint density at radius 2 is 1.81 bits per heavy atom. The van der Waals surface area contributed by atoms with Crippen LogP contribution in [0.25, 0.3) is 10.2 Å². The molecule has 0 bridgehead atoms. The van der Waals surface area contributed by atoms with Gasteiger partial charge in [-0.2, -0.15) is 0 Å². The van der Waals surface area contributed by atoms with Crippen molar-refractivity contribution >= 4 is 55.3 Å². The molecule has 2 amide bonds. The maximum Gasteiger partial charge on any atom is 0.407 e. The molecule has 1 fully saturated rings. The SMILES string of the molecule is Cc1c(C)c(S(=O)(=O)NC(=N)NCCC[C@H](NC(=O)[C@H]2CC[C@@H](NC(=O)OC(C)(C)C)C2)C(=O)c2nc3ccccc3s2)c(C)c2c1OC(C)(C)C2. The fourth-order valence-electron chi connectivity index (χ4n) is 6.90. The van der Waals surface area contributed by atoms with E-state index in [0.717, 1.165) is 21.6 Å². The average Bonchev–Trinajstić information content (AvgIpc) is 3.76. The number of fused-ring (bicyclic) bond motifs is 2. The van der Waals surface area contributed by atoms with Gasteiger partial charge in [0.05, 0.1) is 21.2 Å². The molecule has 3 atom stereocenters. The van der Waals surface area contributed by atoms with E-state index in [-0.39, 0.29) is 40.6 Å². The van der Waals surface area contributed by atoms with Crippen molar-refractivity contribution in [3.05, 3.63) is 51.5 Å². The van der Waals surface area contributed by atoms with E-state index in [0.29, 0.717) is 48.7 Å². The number of carbonyl (C=O) groups is 3. The number of hydrogen-bond acceptors (Lipinski definition) is 10. The maximum absolute atomic E-state index is 13.8. The highest BCUT2D eigenvalue weighted by molar-refractivity contribution is 7.90. The maximum atomic E-state index is 13.8. The summed E-state index contributed by atoms with van der Waals surface area (Å²) < 4.78 is 41.9. The van der Waals surface area contributed by atoms with Gasteiger partial charge in [0.25, 0.3) is 10.0 Å². The number of rotatable bonds is 11. The molecule has 0 saturated heterocycles. The van der Waals surface area contributed by atoms with Crippen LogP contribution in [0.1, 0.15) is 98.8 Å². The van der Waals surface area contributed by atoms with Crippen molar-refractivity contribution in [2.45, 2.75) is 122 Å². The van der Waals surface area contributed by atoms with Crippen LogP contribution in [-0.4, -0.2) is 67.0 Å². The van der Waals surface area contributed by atoms with Crippen LogP contribution in [-0.2, 0) is 26.0 Å². The van der Waals surface area contributed by atoms with Gasteiger partial charge in [0.1, 0.15) is 17.0 Å². The molecule has 2 aromatic carbocycles. The van der Waals surface area contributed by atoms with Gasteiger partial charge in [-0.15, -0.1) is 11.3 Å². The van der Waals surface area contributed by atoms with Gasteiger partial charge in [-0.1, -0.05) is 12.1 Å². The summed E-state index contributed by atoms with van der Waals surface area (Å²) in [5.41, 5.74) is 2.38. The van der Waals surface area contributed by atoms with Crippen LogP contribution < -0.4 is 25.4 Å². The quantitative estimate of drug-likeness (QED) is 0.0721. The van der Waals surface area contributed by atoms with Crippen LogP contribution in [0.4, 0.5) is 4.79 Å². The van der Waals surface area contributed by atoms with Crippen LogP contribution in [0.3, 0.4) is 0 Å². The first-order valence-corrected chi connectivity index (χ1v) is 19.9. The first kappa shape index (κ1) is 39.0. The van der Waals surface area contributed by atoms with E-state index in [1.165, 1.54) is 11.3 Å². The van der Waals surface area contributed by atoms with Crippen molar-refractivity contribution in [3.8, 4) is 5.75 Å². The zero-order valence-electron chi connectivity index (χ0n) is 31.1. The van der Waals surface area contributed by atoms with E-state index < -0.39 is 45.2 Å².